The predicted molar refractivity (Wildman–Crippen MR) is 66.2 cm³/mol. The van der Waals surface area contributed by atoms with E-state index in [1.807, 2.05) is 0 Å². The van der Waals surface area contributed by atoms with E-state index in [-0.39, 0.29) is 12.1 Å². The largest absolute Gasteiger partial charge is 0.391 e. The Kier molecular flexibility index (Phi) is 4.12. The maximum absolute atomic E-state index is 9.98. The van der Waals surface area contributed by atoms with Crippen LogP contribution < -0.4 is 5.32 Å². The molecule has 0 radical (unpaired) electrons. The Hall–Kier alpha value is -0.680. The van der Waals surface area contributed by atoms with Crippen molar-refractivity contribution in [2.24, 2.45) is 0 Å². The van der Waals surface area contributed by atoms with Crippen molar-refractivity contribution >= 4 is 21.7 Å². The van der Waals surface area contributed by atoms with Crippen LogP contribution in [0.1, 0.15) is 32.1 Å². The Bertz CT molecular complexity index is 348. The summed E-state index contributed by atoms with van der Waals surface area (Å²) in [6.07, 6.45) is 8.30. The van der Waals surface area contributed by atoms with Crippen LogP contribution in [0, 0.1) is 0 Å². The summed E-state index contributed by atoms with van der Waals surface area (Å²) < 4.78 is 0.839. The van der Waals surface area contributed by atoms with E-state index in [1.165, 1.54) is 12.7 Å². The molecule has 0 spiro atoms. The van der Waals surface area contributed by atoms with Gasteiger partial charge in [0.1, 0.15) is 12.1 Å². The second-order valence-corrected chi connectivity index (χ2v) is 5.03. The van der Waals surface area contributed by atoms with E-state index in [0.29, 0.717) is 0 Å². The number of nitrogens with zero attached hydrogens (tertiary/aromatic N) is 2. The Labute approximate surface area is 104 Å². The van der Waals surface area contributed by atoms with Crippen LogP contribution in [-0.4, -0.2) is 27.2 Å². The molecule has 1 heterocycles. The van der Waals surface area contributed by atoms with Gasteiger partial charge in [-0.3, -0.25) is 0 Å². The van der Waals surface area contributed by atoms with Gasteiger partial charge in [-0.15, -0.1) is 0 Å². The highest BCUT2D eigenvalue weighted by Gasteiger charge is 2.22. The fraction of sp³-hybridized carbons (Fsp3) is 0.636. The number of aliphatic hydroxyl groups is 1. The molecule has 1 aliphatic carbocycles. The minimum Gasteiger partial charge on any atom is -0.391 e. The second kappa shape index (κ2) is 5.59. The molecule has 2 N–H and O–H groups in total. The summed E-state index contributed by atoms with van der Waals surface area (Å²) in [5, 5.41) is 13.3. The zero-order chi connectivity index (χ0) is 11.4. The molecule has 1 aromatic rings. The van der Waals surface area contributed by atoms with Gasteiger partial charge < -0.3 is 10.4 Å². The third-order valence-corrected chi connectivity index (χ3v) is 3.55. The number of rotatable bonds is 2. The molecule has 1 saturated carbocycles. The van der Waals surface area contributed by atoms with Crippen molar-refractivity contribution in [3.8, 4) is 0 Å². The van der Waals surface area contributed by atoms with Crippen LogP contribution >= 0.6 is 15.9 Å². The van der Waals surface area contributed by atoms with Gasteiger partial charge in [-0.2, -0.15) is 0 Å². The molecule has 0 saturated heterocycles. The monoisotopic (exact) mass is 285 g/mol. The van der Waals surface area contributed by atoms with Crippen LogP contribution in [-0.2, 0) is 0 Å². The van der Waals surface area contributed by atoms with Crippen molar-refractivity contribution in [1.29, 1.82) is 0 Å². The Morgan fingerprint density at radius 1 is 1.31 bits per heavy atom. The lowest BCUT2D eigenvalue weighted by atomic mass is 10.1. The SMILES string of the molecule is OC1CCCCCC1Nc1ncncc1Br. The molecule has 0 bridgehead atoms. The zero-order valence-corrected chi connectivity index (χ0v) is 10.7. The number of hydrogen-bond donors (Lipinski definition) is 2. The van der Waals surface area contributed by atoms with Crippen LogP contribution in [0.4, 0.5) is 5.82 Å². The summed E-state index contributed by atoms with van der Waals surface area (Å²) in [7, 11) is 0. The van der Waals surface area contributed by atoms with Crippen LogP contribution in [0.5, 0.6) is 0 Å². The minimum absolute atomic E-state index is 0.105. The predicted octanol–water partition coefficient (Wildman–Crippen LogP) is 2.34. The molecule has 4 nitrogen and oxygen atoms in total. The zero-order valence-electron chi connectivity index (χ0n) is 9.06. The second-order valence-electron chi connectivity index (χ2n) is 4.18. The van der Waals surface area contributed by atoms with Crippen molar-refractivity contribution in [1.82, 2.24) is 9.97 Å². The number of halogens is 1. The molecule has 1 fully saturated rings. The van der Waals surface area contributed by atoms with Gasteiger partial charge >= 0.3 is 0 Å². The summed E-state index contributed by atoms with van der Waals surface area (Å²) in [6.45, 7) is 0. The highest BCUT2D eigenvalue weighted by Crippen LogP contribution is 2.24. The molecule has 2 rings (SSSR count). The van der Waals surface area contributed by atoms with Crippen molar-refractivity contribution in [2.75, 3.05) is 5.32 Å². The smallest absolute Gasteiger partial charge is 0.144 e. The number of anilines is 1. The third-order valence-electron chi connectivity index (χ3n) is 2.97. The molecule has 16 heavy (non-hydrogen) atoms. The lowest BCUT2D eigenvalue weighted by Gasteiger charge is -2.22. The summed E-state index contributed by atoms with van der Waals surface area (Å²) in [5.74, 6) is 0.765. The Morgan fingerprint density at radius 3 is 2.94 bits per heavy atom. The maximum atomic E-state index is 9.98. The van der Waals surface area contributed by atoms with E-state index >= 15 is 0 Å². The summed E-state index contributed by atoms with van der Waals surface area (Å²) in [5.41, 5.74) is 0. The first-order chi connectivity index (χ1) is 7.77. The minimum atomic E-state index is -0.274. The number of hydrogen-bond acceptors (Lipinski definition) is 4. The normalized spacial score (nSPS) is 26.1. The topological polar surface area (TPSA) is 58.0 Å². The van der Waals surface area contributed by atoms with E-state index in [2.05, 4.69) is 31.2 Å². The fourth-order valence-corrected chi connectivity index (χ4v) is 2.39. The van der Waals surface area contributed by atoms with E-state index < -0.39 is 0 Å². The van der Waals surface area contributed by atoms with Crippen LogP contribution in [0.25, 0.3) is 0 Å². The average Bonchev–Trinajstić information content (AvgIpc) is 2.48. The van der Waals surface area contributed by atoms with Gasteiger partial charge in [-0.25, -0.2) is 9.97 Å². The van der Waals surface area contributed by atoms with Gasteiger partial charge in [0.25, 0.3) is 0 Å². The van der Waals surface area contributed by atoms with Crippen molar-refractivity contribution in [2.45, 2.75) is 44.2 Å². The summed E-state index contributed by atoms with van der Waals surface area (Å²) in [4.78, 5) is 8.07. The van der Waals surface area contributed by atoms with Gasteiger partial charge in [0.05, 0.1) is 16.6 Å². The lowest BCUT2D eigenvalue weighted by molar-refractivity contribution is 0.144. The van der Waals surface area contributed by atoms with Crippen molar-refractivity contribution in [3.05, 3.63) is 17.0 Å². The van der Waals surface area contributed by atoms with Gasteiger partial charge in [-0.05, 0) is 28.8 Å². The first kappa shape index (κ1) is 11.8. The molecule has 0 aliphatic heterocycles. The van der Waals surface area contributed by atoms with E-state index in [0.717, 1.165) is 36.0 Å². The molecule has 0 aromatic carbocycles. The number of aromatic nitrogens is 2. The fourth-order valence-electron chi connectivity index (χ4n) is 2.05. The molecule has 88 valence electrons. The average molecular weight is 286 g/mol. The molecule has 0 amide bonds. The maximum Gasteiger partial charge on any atom is 0.144 e. The molecule has 2 unspecified atom stereocenters. The third kappa shape index (κ3) is 2.92. The Balaban J connectivity index is 2.05. The lowest BCUT2D eigenvalue weighted by Crippen LogP contribution is -2.32. The number of aliphatic hydroxyl groups excluding tert-OH is 1. The van der Waals surface area contributed by atoms with Crippen LogP contribution in [0.15, 0.2) is 17.0 Å². The molecular weight excluding hydrogens is 270 g/mol. The van der Waals surface area contributed by atoms with Crippen LogP contribution in [0.3, 0.4) is 0 Å². The first-order valence-corrected chi connectivity index (χ1v) is 6.47. The molecule has 5 heteroatoms. The van der Waals surface area contributed by atoms with E-state index in [9.17, 15) is 5.11 Å². The van der Waals surface area contributed by atoms with Gasteiger partial charge in [-0.1, -0.05) is 19.3 Å². The molecule has 1 aliphatic rings. The highest BCUT2D eigenvalue weighted by atomic mass is 79.9. The number of nitrogens with one attached hydrogen (secondary N) is 1. The van der Waals surface area contributed by atoms with Crippen molar-refractivity contribution in [3.63, 3.8) is 0 Å². The van der Waals surface area contributed by atoms with Gasteiger partial charge in [0.2, 0.25) is 0 Å². The summed E-state index contributed by atoms with van der Waals surface area (Å²) in [6, 6.07) is 0.105. The molecular formula is C11H16BrN3O. The quantitative estimate of drug-likeness (QED) is 0.819. The van der Waals surface area contributed by atoms with Crippen LogP contribution in [0.2, 0.25) is 0 Å². The molecule has 2 atom stereocenters. The van der Waals surface area contributed by atoms with Gasteiger partial charge in [0.15, 0.2) is 0 Å². The van der Waals surface area contributed by atoms with E-state index in [1.54, 1.807) is 6.20 Å². The first-order valence-electron chi connectivity index (χ1n) is 5.67. The van der Waals surface area contributed by atoms with Crippen molar-refractivity contribution < 1.29 is 5.11 Å². The highest BCUT2D eigenvalue weighted by molar-refractivity contribution is 9.10. The summed E-state index contributed by atoms with van der Waals surface area (Å²) >= 11 is 3.39. The molecule has 1 aromatic heterocycles. The Morgan fingerprint density at radius 2 is 2.12 bits per heavy atom. The van der Waals surface area contributed by atoms with Gasteiger partial charge in [0, 0.05) is 6.20 Å². The standard InChI is InChI=1S/C11H16BrN3O/c12-8-6-13-7-14-11(8)15-9-4-2-1-3-5-10(9)16/h6-7,9-10,16H,1-5H2,(H,13,14,15). The van der Waals surface area contributed by atoms with E-state index in [4.69, 9.17) is 0 Å².